The lowest BCUT2D eigenvalue weighted by Crippen LogP contribution is -2.67. The van der Waals surface area contributed by atoms with Crippen LogP contribution in [0.4, 0.5) is 0 Å². The molecule has 0 heterocycles. The second-order valence-electron chi connectivity index (χ2n) is 10.2. The molecule has 2 atom stereocenters. The normalized spacial score (nSPS) is 13.0. The van der Waals surface area contributed by atoms with Crippen LogP contribution in [-0.4, -0.2) is 76.4 Å². The first-order valence-corrected chi connectivity index (χ1v) is 15.1. The molecule has 0 aromatic heterocycles. The smallest absolute Gasteiger partial charge is 0.338 e. The van der Waals surface area contributed by atoms with E-state index < -0.39 is 52.6 Å². The molecule has 0 radical (unpaired) electrons. The van der Waals surface area contributed by atoms with Gasteiger partial charge < -0.3 is 29.5 Å². The van der Waals surface area contributed by atoms with Gasteiger partial charge in [0, 0.05) is 6.61 Å². The van der Waals surface area contributed by atoms with Crippen molar-refractivity contribution in [1.29, 1.82) is 0 Å². The Balaban J connectivity index is 0.000000971. The highest BCUT2D eigenvalue weighted by molar-refractivity contribution is 6.06. The minimum Gasteiger partial charge on any atom is -0.481 e. The molecule has 2 unspecified atom stereocenters. The highest BCUT2D eigenvalue weighted by Gasteiger charge is 2.69. The molecule has 1 aromatic rings. The topological polar surface area (TPSA) is 191 Å². The van der Waals surface area contributed by atoms with Crippen molar-refractivity contribution in [2.24, 2.45) is 11.3 Å². The van der Waals surface area contributed by atoms with Crippen molar-refractivity contribution in [2.45, 2.75) is 98.5 Å². The van der Waals surface area contributed by atoms with Crippen molar-refractivity contribution in [3.63, 3.8) is 0 Å². The van der Waals surface area contributed by atoms with Crippen molar-refractivity contribution >= 4 is 35.6 Å². The van der Waals surface area contributed by atoms with E-state index in [1.165, 1.54) is 0 Å². The summed E-state index contributed by atoms with van der Waals surface area (Å²) in [5.74, 6) is -8.93. The molecule has 248 valence electrons. The van der Waals surface area contributed by atoms with Gasteiger partial charge in [0.25, 0.3) is 0 Å². The number of carboxylic acid groups (broad SMARTS) is 3. The Morgan fingerprint density at radius 3 is 1.43 bits per heavy atom. The maximum Gasteiger partial charge on any atom is 0.338 e. The van der Waals surface area contributed by atoms with Crippen molar-refractivity contribution in [1.82, 2.24) is 0 Å². The first-order chi connectivity index (χ1) is 20.8. The largest absolute Gasteiger partial charge is 0.481 e. The van der Waals surface area contributed by atoms with E-state index in [0.717, 1.165) is 6.92 Å². The number of carbonyl (C=O) groups is 6. The lowest BCUT2D eigenvalue weighted by atomic mass is 9.59. The molecular formula is C32H48O12. The fourth-order valence-corrected chi connectivity index (χ4v) is 4.98. The van der Waals surface area contributed by atoms with E-state index in [1.807, 2.05) is 20.8 Å². The van der Waals surface area contributed by atoms with E-state index in [-0.39, 0.29) is 43.8 Å². The van der Waals surface area contributed by atoms with Gasteiger partial charge in [-0.3, -0.25) is 14.4 Å². The molecule has 0 bridgehead atoms. The maximum absolute atomic E-state index is 12.5. The van der Waals surface area contributed by atoms with Gasteiger partial charge >= 0.3 is 29.8 Å². The first-order valence-electron chi connectivity index (χ1n) is 15.1. The van der Waals surface area contributed by atoms with Crippen molar-refractivity contribution in [2.75, 3.05) is 19.8 Å². The molecule has 44 heavy (non-hydrogen) atoms. The fourth-order valence-electron chi connectivity index (χ4n) is 4.98. The molecule has 0 amide bonds. The van der Waals surface area contributed by atoms with E-state index in [9.17, 15) is 44.1 Å². The monoisotopic (exact) mass is 624 g/mol. The Labute approximate surface area is 259 Å². The number of carboxylic acids is 3. The number of hydrogen-bond donors (Lipinski definition) is 3. The number of Topliss-reactive ketones (excluding diaryl/α,β-unsaturated/α-hetero) is 1. The highest BCUT2D eigenvalue weighted by atomic mass is 16.5. The van der Waals surface area contributed by atoms with Gasteiger partial charge in [-0.05, 0) is 52.2 Å². The van der Waals surface area contributed by atoms with Crippen LogP contribution >= 0.6 is 0 Å². The van der Waals surface area contributed by atoms with Gasteiger partial charge in [-0.2, -0.15) is 0 Å². The quantitative estimate of drug-likeness (QED) is 0.0951. The number of unbranched alkanes of at least 4 members (excludes halogenated alkanes) is 3. The molecule has 0 saturated carbocycles. The molecule has 1 rings (SSSR count). The SMILES string of the molecule is CCCCOC(C(=O)O)(C(C(C)=O)C(=O)O)C(CCCC)(CCCC)C(=O)O.CCOC(=O)c1ccccc1C(=O)OCC. The molecule has 0 aliphatic heterocycles. The molecule has 0 saturated heterocycles. The summed E-state index contributed by atoms with van der Waals surface area (Å²) < 4.78 is 15.4. The molecule has 0 aliphatic rings. The third-order valence-electron chi connectivity index (χ3n) is 7.16. The van der Waals surface area contributed by atoms with Gasteiger partial charge in [0.2, 0.25) is 5.60 Å². The Kier molecular flexibility index (Phi) is 18.5. The number of carbonyl (C=O) groups excluding carboxylic acids is 3. The maximum atomic E-state index is 12.5. The number of ketones is 1. The molecule has 1 aromatic carbocycles. The second-order valence-corrected chi connectivity index (χ2v) is 10.2. The molecule has 0 spiro atoms. The average molecular weight is 625 g/mol. The van der Waals surface area contributed by atoms with E-state index in [0.29, 0.717) is 38.5 Å². The van der Waals surface area contributed by atoms with E-state index in [2.05, 4.69) is 0 Å². The van der Waals surface area contributed by atoms with Crippen LogP contribution in [0.25, 0.3) is 0 Å². The molecule has 0 fully saturated rings. The number of ether oxygens (including phenoxy) is 3. The van der Waals surface area contributed by atoms with E-state index in [1.54, 1.807) is 38.1 Å². The zero-order valence-corrected chi connectivity index (χ0v) is 26.7. The lowest BCUT2D eigenvalue weighted by molar-refractivity contribution is -0.219. The summed E-state index contributed by atoms with van der Waals surface area (Å²) in [6.07, 6.45) is 2.78. The number of esters is 2. The van der Waals surface area contributed by atoms with Gasteiger partial charge in [0.15, 0.2) is 5.92 Å². The number of benzene rings is 1. The van der Waals surface area contributed by atoms with Gasteiger partial charge in [-0.25, -0.2) is 14.4 Å². The van der Waals surface area contributed by atoms with Crippen LogP contribution < -0.4 is 0 Å². The summed E-state index contributed by atoms with van der Waals surface area (Å²) >= 11 is 0. The minimum atomic E-state index is -2.68. The predicted molar refractivity (Wildman–Crippen MR) is 161 cm³/mol. The summed E-state index contributed by atoms with van der Waals surface area (Å²) in [6, 6.07) is 6.44. The minimum absolute atomic E-state index is 0.0890. The van der Waals surface area contributed by atoms with Gasteiger partial charge in [0.05, 0.1) is 24.3 Å². The third kappa shape index (κ3) is 10.1. The van der Waals surface area contributed by atoms with Crippen molar-refractivity contribution < 1.29 is 58.3 Å². The Bertz CT molecular complexity index is 1050. The average Bonchev–Trinajstić information content (AvgIpc) is 2.97. The van der Waals surface area contributed by atoms with Crippen LogP contribution in [0.3, 0.4) is 0 Å². The van der Waals surface area contributed by atoms with Gasteiger partial charge in [-0.1, -0.05) is 65.0 Å². The number of hydrogen-bond acceptors (Lipinski definition) is 9. The Morgan fingerprint density at radius 1 is 0.705 bits per heavy atom. The standard InChI is InChI=1S/C20H34O8.C12H14O4/c1-5-8-11-19(17(24)25,12-9-6-2)20(18(26)27,28-13-10-7-3)15(14(4)21)16(22)23;1-3-15-11(13)9-7-5-6-8-10(9)12(14)16-4-2/h15H,5-13H2,1-4H3,(H,22,23)(H,24,25)(H,26,27);5-8H,3-4H2,1-2H3. The summed E-state index contributed by atoms with van der Waals surface area (Å²) in [7, 11) is 0. The van der Waals surface area contributed by atoms with Crippen LogP contribution in [0.1, 0.15) is 114 Å². The van der Waals surface area contributed by atoms with E-state index >= 15 is 0 Å². The van der Waals surface area contributed by atoms with Crippen LogP contribution in [0, 0.1) is 11.3 Å². The van der Waals surface area contributed by atoms with Gasteiger partial charge in [0.1, 0.15) is 11.2 Å². The number of aliphatic carboxylic acids is 3. The summed E-state index contributed by atoms with van der Waals surface area (Å²) in [5, 5.41) is 30.1. The van der Waals surface area contributed by atoms with Crippen LogP contribution in [-0.2, 0) is 33.4 Å². The van der Waals surface area contributed by atoms with Crippen molar-refractivity contribution in [3.8, 4) is 0 Å². The molecule has 12 heteroatoms. The molecule has 3 N–H and O–H groups in total. The number of rotatable bonds is 20. The predicted octanol–water partition coefficient (Wildman–Crippen LogP) is 5.41. The zero-order valence-electron chi connectivity index (χ0n) is 26.7. The van der Waals surface area contributed by atoms with Gasteiger partial charge in [-0.15, -0.1) is 0 Å². The van der Waals surface area contributed by atoms with Crippen LogP contribution in [0.5, 0.6) is 0 Å². The third-order valence-corrected chi connectivity index (χ3v) is 7.16. The Hall–Kier alpha value is -3.80. The Morgan fingerprint density at radius 2 is 1.14 bits per heavy atom. The molecule has 12 nitrogen and oxygen atoms in total. The molecule has 0 aliphatic carbocycles. The van der Waals surface area contributed by atoms with E-state index in [4.69, 9.17) is 14.2 Å². The summed E-state index contributed by atoms with van der Waals surface area (Å²) in [4.78, 5) is 72.4. The highest BCUT2D eigenvalue weighted by Crippen LogP contribution is 2.49. The van der Waals surface area contributed by atoms with Crippen LogP contribution in [0.15, 0.2) is 24.3 Å². The first kappa shape index (κ1) is 40.2. The molecular weight excluding hydrogens is 576 g/mol. The van der Waals surface area contributed by atoms with Crippen molar-refractivity contribution in [3.05, 3.63) is 35.4 Å². The summed E-state index contributed by atoms with van der Waals surface area (Å²) in [5.41, 5.74) is -4.24. The zero-order chi connectivity index (χ0) is 33.9. The second kappa shape index (κ2) is 20.2. The van der Waals surface area contributed by atoms with Crippen LogP contribution in [0.2, 0.25) is 0 Å². The summed E-state index contributed by atoms with van der Waals surface area (Å²) in [6.45, 7) is 10.3. The lowest BCUT2D eigenvalue weighted by Gasteiger charge is -2.47. The fraction of sp³-hybridized carbons (Fsp3) is 0.625.